The summed E-state index contributed by atoms with van der Waals surface area (Å²) in [5.74, 6) is 0. The molecule has 1 unspecified atom stereocenters. The van der Waals surface area contributed by atoms with E-state index in [0.29, 0.717) is 0 Å². The summed E-state index contributed by atoms with van der Waals surface area (Å²) >= 11 is 0. The summed E-state index contributed by atoms with van der Waals surface area (Å²) in [6.07, 6.45) is -3.67. The Bertz CT molecular complexity index is 154. The summed E-state index contributed by atoms with van der Waals surface area (Å²) in [6, 6.07) is 0. The lowest BCUT2D eigenvalue weighted by atomic mass is 10.1. The van der Waals surface area contributed by atoms with Crippen molar-refractivity contribution in [1.29, 1.82) is 0 Å². The van der Waals surface area contributed by atoms with Gasteiger partial charge in [-0.05, 0) is 0 Å². The molecule has 5 heteroatoms. The van der Waals surface area contributed by atoms with Gasteiger partial charge in [-0.25, -0.2) is 0 Å². The van der Waals surface area contributed by atoms with Gasteiger partial charge in [-0.2, -0.15) is 0 Å². The Labute approximate surface area is 72.3 Å². The summed E-state index contributed by atoms with van der Waals surface area (Å²) in [6.45, 7) is 0.121. The molecule has 0 aromatic heterocycles. The van der Waals surface area contributed by atoms with E-state index in [1.807, 2.05) is 0 Å². The van der Waals surface area contributed by atoms with Crippen LogP contribution in [0, 0.1) is 0 Å². The number of methoxy groups -OCH3 is 2. The molecule has 72 valence electrons. The fourth-order valence-electron chi connectivity index (χ4n) is 1.12. The van der Waals surface area contributed by atoms with E-state index in [1.54, 1.807) is 0 Å². The van der Waals surface area contributed by atoms with Crippen molar-refractivity contribution in [1.82, 2.24) is 0 Å². The van der Waals surface area contributed by atoms with Crippen LogP contribution in [0.4, 0.5) is 0 Å². The predicted octanol–water partition coefficient (Wildman–Crippen LogP) is -1.27. The van der Waals surface area contributed by atoms with E-state index < -0.39 is 24.6 Å². The van der Waals surface area contributed by atoms with Gasteiger partial charge >= 0.3 is 0 Å². The minimum absolute atomic E-state index is 0.121. The van der Waals surface area contributed by atoms with Gasteiger partial charge in [0.15, 0.2) is 6.29 Å². The number of ether oxygens (including phenoxy) is 3. The van der Waals surface area contributed by atoms with Crippen molar-refractivity contribution in [3.05, 3.63) is 0 Å². The van der Waals surface area contributed by atoms with Gasteiger partial charge in [0.05, 0.1) is 7.98 Å². The molecular formula is C7H14O5. The normalized spacial score (nSPS) is 44.1. The monoisotopic (exact) mass is 179 g/mol. The quantitative estimate of drug-likeness (QED) is 0.553. The Morgan fingerprint density at radius 1 is 1.42 bits per heavy atom. The van der Waals surface area contributed by atoms with Gasteiger partial charge in [0, 0.05) is 14.2 Å². The van der Waals surface area contributed by atoms with E-state index in [9.17, 15) is 10.2 Å². The average molecular weight is 179 g/mol. The molecule has 4 atom stereocenters. The molecule has 1 aliphatic heterocycles. The minimum Gasteiger partial charge on any atom is -0.387 e. The highest BCUT2D eigenvalue weighted by atomic mass is 16.7. The summed E-state index contributed by atoms with van der Waals surface area (Å²) in [4.78, 5) is 0. The molecule has 0 amide bonds. The Kier molecular flexibility index (Phi) is 2.91. The molecule has 0 bridgehead atoms. The zero-order valence-corrected chi connectivity index (χ0v) is 6.84. The van der Waals surface area contributed by atoms with Crippen molar-refractivity contribution in [3.8, 4) is 0 Å². The van der Waals surface area contributed by atoms with Crippen LogP contribution in [0.25, 0.3) is 0 Å². The molecule has 1 saturated heterocycles. The summed E-state index contributed by atoms with van der Waals surface area (Å²) in [7, 11) is 1.11. The molecule has 1 rings (SSSR count). The first-order valence-electron chi connectivity index (χ1n) is 4.32. The molecular weight excluding hydrogens is 164 g/mol. The van der Waals surface area contributed by atoms with Crippen molar-refractivity contribution in [2.75, 3.05) is 20.8 Å². The summed E-state index contributed by atoms with van der Waals surface area (Å²) in [5, 5.41) is 18.8. The first-order valence-corrected chi connectivity index (χ1v) is 3.62. The largest absolute Gasteiger partial charge is 0.387 e. The Morgan fingerprint density at radius 2 is 2.17 bits per heavy atom. The third kappa shape index (κ3) is 1.75. The fraction of sp³-hybridized carbons (Fsp3) is 1.00. The number of hydrogen-bond acceptors (Lipinski definition) is 5. The summed E-state index contributed by atoms with van der Waals surface area (Å²) in [5.41, 5.74) is 0. The number of aliphatic hydroxyl groups is 2. The van der Waals surface area contributed by atoms with E-state index in [0.717, 1.165) is 0 Å². The van der Waals surface area contributed by atoms with Crippen LogP contribution in [0.1, 0.15) is 1.37 Å². The van der Waals surface area contributed by atoms with Gasteiger partial charge in [-0.1, -0.05) is 0 Å². The lowest BCUT2D eigenvalue weighted by Crippen LogP contribution is -2.54. The van der Waals surface area contributed by atoms with Crippen molar-refractivity contribution in [3.63, 3.8) is 0 Å². The molecule has 0 aromatic rings. The first kappa shape index (κ1) is 8.40. The maximum absolute atomic E-state index is 9.45. The minimum atomic E-state index is -1.13. The van der Waals surface area contributed by atoms with E-state index in [4.69, 9.17) is 15.6 Å². The third-order valence-electron chi connectivity index (χ3n) is 1.88. The molecule has 5 nitrogen and oxygen atoms in total. The number of aliphatic hydroxyl groups excluding tert-OH is 2. The Hall–Kier alpha value is -0.200. The molecule has 1 heterocycles. The lowest BCUT2D eigenvalue weighted by molar-refractivity contribution is -0.265. The van der Waals surface area contributed by atoms with Gasteiger partial charge < -0.3 is 24.4 Å². The second-order valence-electron chi connectivity index (χ2n) is 2.62. The fourth-order valence-corrected chi connectivity index (χ4v) is 1.12. The van der Waals surface area contributed by atoms with E-state index >= 15 is 0 Å². The second kappa shape index (κ2) is 4.15. The zero-order chi connectivity index (χ0) is 9.84. The standard InChI is InChI=1S/C7H14O5/c1-10-4-3-12-7(11-2)6(9)5(4)8/h4-9H,3H2,1-2H3/t4-,5-,6+,7?/m1/s1/i1D. The lowest BCUT2D eigenvalue weighted by Gasteiger charge is -2.35. The third-order valence-corrected chi connectivity index (χ3v) is 1.88. The van der Waals surface area contributed by atoms with E-state index in [2.05, 4.69) is 0 Å². The topological polar surface area (TPSA) is 68.2 Å². The average Bonchev–Trinajstić information content (AvgIpc) is 2.14. The molecule has 2 N–H and O–H groups in total. The molecule has 1 aliphatic rings. The smallest absolute Gasteiger partial charge is 0.185 e. The van der Waals surface area contributed by atoms with Crippen molar-refractivity contribution in [2.24, 2.45) is 0 Å². The highest BCUT2D eigenvalue weighted by Crippen LogP contribution is 2.17. The first-order chi connectivity index (χ1) is 6.20. The van der Waals surface area contributed by atoms with Gasteiger partial charge in [-0.15, -0.1) is 0 Å². The van der Waals surface area contributed by atoms with Gasteiger partial charge in [-0.3, -0.25) is 0 Å². The maximum Gasteiger partial charge on any atom is 0.185 e. The van der Waals surface area contributed by atoms with E-state index in [-0.39, 0.29) is 13.7 Å². The van der Waals surface area contributed by atoms with Crippen LogP contribution in [0.15, 0.2) is 0 Å². The van der Waals surface area contributed by atoms with Crippen LogP contribution in [0.5, 0.6) is 0 Å². The van der Waals surface area contributed by atoms with Crippen LogP contribution in [-0.2, 0) is 14.2 Å². The van der Waals surface area contributed by atoms with Crippen molar-refractivity contribution in [2.45, 2.75) is 24.6 Å². The SMILES string of the molecule is [2H]CO[C@@H]1COC(OC)[C@@H](O)[C@@H]1O. The van der Waals surface area contributed by atoms with E-state index in [1.165, 1.54) is 7.11 Å². The zero-order valence-electron chi connectivity index (χ0n) is 7.84. The summed E-state index contributed by atoms with van der Waals surface area (Å²) < 4.78 is 21.4. The molecule has 12 heavy (non-hydrogen) atoms. The van der Waals surface area contributed by atoms with Crippen LogP contribution in [0.2, 0.25) is 0 Å². The van der Waals surface area contributed by atoms with Gasteiger partial charge in [0.25, 0.3) is 0 Å². The highest BCUT2D eigenvalue weighted by molar-refractivity contribution is 4.83. The molecule has 0 spiro atoms. The maximum atomic E-state index is 9.45. The van der Waals surface area contributed by atoms with Crippen LogP contribution >= 0.6 is 0 Å². The van der Waals surface area contributed by atoms with Gasteiger partial charge in [0.1, 0.15) is 18.3 Å². The van der Waals surface area contributed by atoms with Crippen molar-refractivity contribution >= 4 is 0 Å². The molecule has 0 aromatic carbocycles. The predicted molar refractivity (Wildman–Crippen MR) is 39.6 cm³/mol. The van der Waals surface area contributed by atoms with Crippen LogP contribution in [-0.4, -0.2) is 55.6 Å². The molecule has 0 saturated carbocycles. The molecule has 0 radical (unpaired) electrons. The molecule has 0 aliphatic carbocycles. The number of rotatable bonds is 2. The van der Waals surface area contributed by atoms with Crippen molar-refractivity contribution < 1.29 is 25.8 Å². The van der Waals surface area contributed by atoms with Crippen LogP contribution in [0.3, 0.4) is 0 Å². The molecule has 1 fully saturated rings. The highest BCUT2D eigenvalue weighted by Gasteiger charge is 2.38. The Balaban J connectivity index is 2.48. The Morgan fingerprint density at radius 3 is 2.75 bits per heavy atom. The second-order valence-corrected chi connectivity index (χ2v) is 2.62. The van der Waals surface area contributed by atoms with Gasteiger partial charge in [0.2, 0.25) is 0 Å². The van der Waals surface area contributed by atoms with Crippen LogP contribution < -0.4 is 0 Å². The number of hydrogen-bond donors (Lipinski definition) is 2.